The molecule has 0 aromatic heterocycles. The molecule has 1 aliphatic heterocycles. The number of nitrogens with one attached hydrogen (secondary N) is 1. The van der Waals surface area contributed by atoms with E-state index in [1.165, 1.54) is 0 Å². The first kappa shape index (κ1) is 20.3. The quantitative estimate of drug-likeness (QED) is 0.677. The average molecular weight is 421 g/mol. The van der Waals surface area contributed by atoms with E-state index in [-0.39, 0.29) is 23.4 Å². The van der Waals surface area contributed by atoms with Crippen molar-refractivity contribution in [3.8, 4) is 0 Å². The maximum absolute atomic E-state index is 13.0. The maximum atomic E-state index is 13.0. The van der Waals surface area contributed by atoms with Crippen LogP contribution in [0.3, 0.4) is 0 Å². The highest BCUT2D eigenvalue weighted by Gasteiger charge is 2.32. The van der Waals surface area contributed by atoms with Gasteiger partial charge in [0.2, 0.25) is 10.0 Å². The van der Waals surface area contributed by atoms with Gasteiger partial charge in [-0.15, -0.1) is 0 Å². The molecule has 0 bridgehead atoms. The fourth-order valence-electron chi connectivity index (χ4n) is 3.77. The number of benzene rings is 3. The first-order chi connectivity index (χ1) is 14.3. The summed E-state index contributed by atoms with van der Waals surface area (Å²) in [5.74, 6) is -0.0741. The van der Waals surface area contributed by atoms with E-state index >= 15 is 0 Å². The molecular formula is C24H24N2O3S. The van der Waals surface area contributed by atoms with E-state index < -0.39 is 10.0 Å². The predicted octanol–water partition coefficient (Wildman–Crippen LogP) is 4.06. The predicted molar refractivity (Wildman–Crippen MR) is 118 cm³/mol. The van der Waals surface area contributed by atoms with E-state index in [0.29, 0.717) is 12.0 Å². The molecule has 1 N–H and O–H groups in total. The number of carbonyl (C=O) groups is 1. The molecule has 3 aromatic rings. The van der Waals surface area contributed by atoms with Gasteiger partial charge in [-0.25, -0.2) is 13.1 Å². The minimum absolute atomic E-state index is 0.0359. The van der Waals surface area contributed by atoms with Gasteiger partial charge in [-0.2, -0.15) is 0 Å². The molecule has 5 nitrogen and oxygen atoms in total. The van der Waals surface area contributed by atoms with Crippen LogP contribution in [0.2, 0.25) is 0 Å². The highest BCUT2D eigenvalue weighted by atomic mass is 32.2. The lowest BCUT2D eigenvalue weighted by Gasteiger charge is -2.23. The van der Waals surface area contributed by atoms with Gasteiger partial charge in [0.1, 0.15) is 0 Å². The number of sulfonamides is 1. The molecule has 0 saturated heterocycles. The van der Waals surface area contributed by atoms with Crippen LogP contribution < -0.4 is 9.62 Å². The highest BCUT2D eigenvalue weighted by Crippen LogP contribution is 2.35. The Bertz CT molecular complexity index is 1170. The van der Waals surface area contributed by atoms with Crippen LogP contribution in [0.15, 0.2) is 77.7 Å². The van der Waals surface area contributed by atoms with Gasteiger partial charge >= 0.3 is 0 Å². The molecule has 1 heterocycles. The van der Waals surface area contributed by atoms with Crippen LogP contribution in [0.5, 0.6) is 0 Å². The molecule has 1 aliphatic rings. The number of anilines is 1. The van der Waals surface area contributed by atoms with Gasteiger partial charge < -0.3 is 4.90 Å². The van der Waals surface area contributed by atoms with Gasteiger partial charge in [0.25, 0.3) is 5.91 Å². The number of nitrogens with zero attached hydrogens (tertiary/aromatic N) is 1. The second kappa shape index (κ2) is 8.05. The first-order valence-electron chi connectivity index (χ1n) is 9.92. The fourth-order valence-corrected chi connectivity index (χ4v) is 4.84. The standard InChI is InChI=1S/C24H24N2O3S/c1-17-8-10-19(11-9-17)16-25-30(28,29)22-12-13-23-21(15-22)14-18(2)26(23)24(27)20-6-4-3-5-7-20/h3-13,15,18,25H,14,16H2,1-2H3/t18-/m0/s1. The topological polar surface area (TPSA) is 66.5 Å². The summed E-state index contributed by atoms with van der Waals surface area (Å²) >= 11 is 0. The minimum Gasteiger partial charge on any atom is -0.305 e. The van der Waals surface area contributed by atoms with Gasteiger partial charge in [0.05, 0.1) is 4.90 Å². The monoisotopic (exact) mass is 420 g/mol. The third-order valence-corrected chi connectivity index (χ3v) is 6.80. The van der Waals surface area contributed by atoms with Crippen molar-refractivity contribution in [2.75, 3.05) is 4.90 Å². The molecule has 1 atom stereocenters. The molecule has 154 valence electrons. The second-order valence-electron chi connectivity index (χ2n) is 7.69. The number of amides is 1. The highest BCUT2D eigenvalue weighted by molar-refractivity contribution is 7.89. The van der Waals surface area contributed by atoms with Crippen molar-refractivity contribution in [3.63, 3.8) is 0 Å². The van der Waals surface area contributed by atoms with E-state index in [4.69, 9.17) is 0 Å². The SMILES string of the molecule is Cc1ccc(CNS(=O)(=O)c2ccc3c(c2)C[C@H](C)N3C(=O)c2ccccc2)cc1. The van der Waals surface area contributed by atoms with Crippen molar-refractivity contribution in [3.05, 3.63) is 95.1 Å². The lowest BCUT2D eigenvalue weighted by atomic mass is 10.1. The lowest BCUT2D eigenvalue weighted by molar-refractivity contribution is 0.0981. The van der Waals surface area contributed by atoms with Crippen LogP contribution in [0.25, 0.3) is 0 Å². The Kier molecular flexibility index (Phi) is 5.45. The Hall–Kier alpha value is -2.96. The number of rotatable bonds is 5. The molecule has 3 aromatic carbocycles. The zero-order chi connectivity index (χ0) is 21.3. The number of hydrogen-bond acceptors (Lipinski definition) is 3. The van der Waals surface area contributed by atoms with Crippen LogP contribution in [0.4, 0.5) is 5.69 Å². The van der Waals surface area contributed by atoms with E-state index in [2.05, 4.69) is 4.72 Å². The first-order valence-corrected chi connectivity index (χ1v) is 11.4. The van der Waals surface area contributed by atoms with Crippen LogP contribution in [0.1, 0.15) is 34.0 Å². The summed E-state index contributed by atoms with van der Waals surface area (Å²) in [5, 5.41) is 0. The minimum atomic E-state index is -3.65. The molecule has 4 rings (SSSR count). The van der Waals surface area contributed by atoms with E-state index in [1.807, 2.05) is 56.3 Å². The third-order valence-electron chi connectivity index (χ3n) is 5.40. The lowest BCUT2D eigenvalue weighted by Crippen LogP contribution is -2.35. The molecule has 0 saturated carbocycles. The third kappa shape index (κ3) is 4.01. The van der Waals surface area contributed by atoms with Gasteiger partial charge in [-0.1, -0.05) is 48.0 Å². The normalized spacial score (nSPS) is 15.8. The molecule has 6 heteroatoms. The van der Waals surface area contributed by atoms with Crippen molar-refractivity contribution in [2.45, 2.75) is 37.8 Å². The van der Waals surface area contributed by atoms with Gasteiger partial charge in [0, 0.05) is 23.8 Å². The van der Waals surface area contributed by atoms with E-state index in [1.54, 1.807) is 35.2 Å². The van der Waals surface area contributed by atoms with Crippen molar-refractivity contribution in [1.82, 2.24) is 4.72 Å². The molecule has 0 aliphatic carbocycles. The Balaban J connectivity index is 1.56. The van der Waals surface area contributed by atoms with Crippen LogP contribution in [-0.4, -0.2) is 20.4 Å². The molecule has 30 heavy (non-hydrogen) atoms. The van der Waals surface area contributed by atoms with Crippen molar-refractivity contribution in [2.24, 2.45) is 0 Å². The average Bonchev–Trinajstić information content (AvgIpc) is 3.08. The summed E-state index contributed by atoms with van der Waals surface area (Å²) in [6, 6.07) is 21.8. The van der Waals surface area contributed by atoms with Crippen LogP contribution >= 0.6 is 0 Å². The number of hydrogen-bond donors (Lipinski definition) is 1. The van der Waals surface area contributed by atoms with Crippen molar-refractivity contribution >= 4 is 21.6 Å². The molecule has 0 unspecified atom stereocenters. The van der Waals surface area contributed by atoms with Crippen LogP contribution in [-0.2, 0) is 23.0 Å². The summed E-state index contributed by atoms with van der Waals surface area (Å²) in [6.45, 7) is 4.20. The summed E-state index contributed by atoms with van der Waals surface area (Å²) in [6.07, 6.45) is 0.620. The summed E-state index contributed by atoms with van der Waals surface area (Å²) < 4.78 is 28.3. The maximum Gasteiger partial charge on any atom is 0.258 e. The largest absolute Gasteiger partial charge is 0.305 e. The molecular weight excluding hydrogens is 396 g/mol. The Morgan fingerprint density at radius 1 is 1.03 bits per heavy atom. The Morgan fingerprint density at radius 2 is 1.73 bits per heavy atom. The molecule has 0 fully saturated rings. The Labute approximate surface area is 177 Å². The number of carbonyl (C=O) groups excluding carboxylic acids is 1. The number of aryl methyl sites for hydroxylation is 1. The van der Waals surface area contributed by atoms with E-state index in [9.17, 15) is 13.2 Å². The van der Waals surface area contributed by atoms with Crippen molar-refractivity contribution in [1.29, 1.82) is 0 Å². The zero-order valence-electron chi connectivity index (χ0n) is 17.0. The zero-order valence-corrected chi connectivity index (χ0v) is 17.8. The van der Waals surface area contributed by atoms with Gasteiger partial charge in [-0.3, -0.25) is 4.79 Å². The van der Waals surface area contributed by atoms with Gasteiger partial charge in [0.15, 0.2) is 0 Å². The summed E-state index contributed by atoms with van der Waals surface area (Å²) in [5.41, 5.74) is 4.29. The number of fused-ring (bicyclic) bond motifs is 1. The summed E-state index contributed by atoms with van der Waals surface area (Å²) in [4.78, 5) is 14.9. The fraction of sp³-hybridized carbons (Fsp3) is 0.208. The molecule has 0 spiro atoms. The molecule has 0 radical (unpaired) electrons. The van der Waals surface area contributed by atoms with E-state index in [0.717, 1.165) is 22.4 Å². The van der Waals surface area contributed by atoms with Crippen molar-refractivity contribution < 1.29 is 13.2 Å². The molecule has 1 amide bonds. The summed E-state index contributed by atoms with van der Waals surface area (Å²) in [7, 11) is -3.65. The van der Waals surface area contributed by atoms with Gasteiger partial charge in [-0.05, 0) is 61.7 Å². The second-order valence-corrected chi connectivity index (χ2v) is 9.46. The smallest absolute Gasteiger partial charge is 0.258 e. The Morgan fingerprint density at radius 3 is 2.43 bits per heavy atom. The van der Waals surface area contributed by atoms with Crippen LogP contribution in [0, 0.1) is 6.92 Å².